The molecule has 1 N–H and O–H groups in total. The molecule has 0 aromatic heterocycles. The van der Waals surface area contributed by atoms with Gasteiger partial charge in [0.1, 0.15) is 17.2 Å². The van der Waals surface area contributed by atoms with Gasteiger partial charge in [0.15, 0.2) is 6.61 Å². The van der Waals surface area contributed by atoms with Crippen molar-refractivity contribution in [2.75, 3.05) is 19.7 Å². The molecule has 2 unspecified atom stereocenters. The van der Waals surface area contributed by atoms with E-state index in [0.29, 0.717) is 36.7 Å². The molecule has 0 radical (unpaired) electrons. The quantitative estimate of drug-likeness (QED) is 0.523. The molecule has 1 aliphatic rings. The summed E-state index contributed by atoms with van der Waals surface area (Å²) in [5.74, 6) is 1.79. The number of morpholine rings is 1. The number of ether oxygens (including phenoxy) is 3. The first-order valence-corrected chi connectivity index (χ1v) is 11.7. The molecule has 1 saturated heterocycles. The van der Waals surface area contributed by atoms with Crippen LogP contribution >= 0.6 is 0 Å². The monoisotopic (exact) mass is 474 g/mol. The summed E-state index contributed by atoms with van der Waals surface area (Å²) < 4.78 is 17.0. The molecular weight excluding hydrogens is 444 g/mol. The average Bonchev–Trinajstić information content (AvgIpc) is 2.87. The highest BCUT2D eigenvalue weighted by Crippen LogP contribution is 2.23. The molecule has 0 saturated carbocycles. The van der Waals surface area contributed by atoms with Crippen LogP contribution in [-0.2, 0) is 16.1 Å². The van der Waals surface area contributed by atoms with Gasteiger partial charge in [0.05, 0.1) is 12.2 Å². The topological polar surface area (TPSA) is 77.1 Å². The summed E-state index contributed by atoms with van der Waals surface area (Å²) in [6, 6.07) is 23.9. The lowest BCUT2D eigenvalue weighted by molar-refractivity contribution is -0.123. The first-order chi connectivity index (χ1) is 17.0. The predicted octanol–water partition coefficient (Wildman–Crippen LogP) is 4.42. The van der Waals surface area contributed by atoms with Gasteiger partial charge in [0, 0.05) is 25.2 Å². The lowest BCUT2D eigenvalue weighted by Gasteiger charge is -2.35. The normalized spacial score (nSPS) is 17.5. The van der Waals surface area contributed by atoms with E-state index in [2.05, 4.69) is 5.32 Å². The Kier molecular flexibility index (Phi) is 8.00. The van der Waals surface area contributed by atoms with Crippen LogP contribution in [0, 0.1) is 0 Å². The van der Waals surface area contributed by atoms with Crippen molar-refractivity contribution in [3.63, 3.8) is 0 Å². The number of carbonyl (C=O) groups excluding carboxylic acids is 2. The minimum absolute atomic E-state index is 0.00354. The minimum Gasteiger partial charge on any atom is -0.484 e. The summed E-state index contributed by atoms with van der Waals surface area (Å²) in [5, 5.41) is 2.84. The fourth-order valence-corrected chi connectivity index (χ4v) is 3.92. The second-order valence-electron chi connectivity index (χ2n) is 8.62. The smallest absolute Gasteiger partial charge is 0.258 e. The largest absolute Gasteiger partial charge is 0.484 e. The van der Waals surface area contributed by atoms with Crippen molar-refractivity contribution in [1.82, 2.24) is 10.2 Å². The number of benzene rings is 3. The maximum absolute atomic E-state index is 12.8. The van der Waals surface area contributed by atoms with Crippen molar-refractivity contribution in [3.05, 3.63) is 90.0 Å². The predicted molar refractivity (Wildman–Crippen MR) is 133 cm³/mol. The summed E-state index contributed by atoms with van der Waals surface area (Å²) in [7, 11) is 0. The van der Waals surface area contributed by atoms with Crippen molar-refractivity contribution in [2.45, 2.75) is 32.6 Å². The molecule has 0 bridgehead atoms. The van der Waals surface area contributed by atoms with Gasteiger partial charge in [-0.25, -0.2) is 0 Å². The Morgan fingerprint density at radius 3 is 2.11 bits per heavy atom. The second kappa shape index (κ2) is 11.5. The van der Waals surface area contributed by atoms with Gasteiger partial charge in [0.25, 0.3) is 11.8 Å². The molecule has 182 valence electrons. The highest BCUT2D eigenvalue weighted by Gasteiger charge is 2.26. The van der Waals surface area contributed by atoms with Crippen molar-refractivity contribution < 1.29 is 23.8 Å². The van der Waals surface area contributed by atoms with E-state index in [-0.39, 0.29) is 30.6 Å². The first-order valence-electron chi connectivity index (χ1n) is 11.7. The van der Waals surface area contributed by atoms with Gasteiger partial charge in [-0.1, -0.05) is 30.3 Å². The molecule has 1 fully saturated rings. The van der Waals surface area contributed by atoms with Crippen molar-refractivity contribution in [1.29, 1.82) is 0 Å². The van der Waals surface area contributed by atoms with E-state index in [9.17, 15) is 9.59 Å². The van der Waals surface area contributed by atoms with Crippen LogP contribution in [0.15, 0.2) is 78.9 Å². The number of nitrogens with zero attached hydrogens (tertiary/aromatic N) is 1. The van der Waals surface area contributed by atoms with Gasteiger partial charge in [-0.05, 0) is 67.9 Å². The third-order valence-corrected chi connectivity index (χ3v) is 5.57. The molecule has 0 spiro atoms. The standard InChI is InChI=1S/C28H30N2O5/c1-20-17-30(18-21(2)34-20)28(32)23-10-8-22(9-11-23)16-29-27(31)19-33-24-12-14-26(15-13-24)35-25-6-4-3-5-7-25/h3-15,20-21H,16-19H2,1-2H3,(H,29,31). The van der Waals surface area contributed by atoms with Crippen molar-refractivity contribution in [2.24, 2.45) is 0 Å². The summed E-state index contributed by atoms with van der Waals surface area (Å²) in [6.45, 7) is 5.38. The van der Waals surface area contributed by atoms with E-state index in [1.165, 1.54) is 0 Å². The van der Waals surface area contributed by atoms with Crippen LogP contribution in [0.25, 0.3) is 0 Å². The SMILES string of the molecule is CC1CN(C(=O)c2ccc(CNC(=O)COc3ccc(Oc4ccccc4)cc3)cc2)CC(C)O1. The molecule has 1 heterocycles. The molecule has 2 amide bonds. The summed E-state index contributed by atoms with van der Waals surface area (Å²) >= 11 is 0. The van der Waals surface area contributed by atoms with Crippen LogP contribution in [0.4, 0.5) is 0 Å². The highest BCUT2D eigenvalue weighted by molar-refractivity contribution is 5.94. The molecular formula is C28H30N2O5. The first kappa shape index (κ1) is 24.3. The average molecular weight is 475 g/mol. The molecule has 3 aromatic carbocycles. The Labute approximate surface area is 205 Å². The number of hydrogen-bond donors (Lipinski definition) is 1. The molecule has 1 aliphatic heterocycles. The van der Waals surface area contributed by atoms with Gasteiger partial charge in [-0.2, -0.15) is 0 Å². The van der Waals surface area contributed by atoms with Crippen molar-refractivity contribution >= 4 is 11.8 Å². The third kappa shape index (κ3) is 7.07. The van der Waals surface area contributed by atoms with E-state index in [4.69, 9.17) is 14.2 Å². The van der Waals surface area contributed by atoms with Gasteiger partial charge in [-0.3, -0.25) is 9.59 Å². The molecule has 35 heavy (non-hydrogen) atoms. The van der Waals surface area contributed by atoms with Crippen molar-refractivity contribution in [3.8, 4) is 17.2 Å². The number of rotatable bonds is 8. The fraction of sp³-hybridized carbons (Fsp3) is 0.286. The van der Waals surface area contributed by atoms with E-state index < -0.39 is 0 Å². The lowest BCUT2D eigenvalue weighted by Crippen LogP contribution is -2.48. The summed E-state index contributed by atoms with van der Waals surface area (Å²) in [6.07, 6.45) is 0.0555. The van der Waals surface area contributed by atoms with Gasteiger partial charge < -0.3 is 24.4 Å². The van der Waals surface area contributed by atoms with Crippen LogP contribution in [0.1, 0.15) is 29.8 Å². The zero-order valence-electron chi connectivity index (χ0n) is 20.0. The number of amides is 2. The Morgan fingerprint density at radius 1 is 0.857 bits per heavy atom. The Bertz CT molecular complexity index is 1110. The van der Waals surface area contributed by atoms with E-state index in [1.54, 1.807) is 36.4 Å². The number of nitrogens with one attached hydrogen (secondary N) is 1. The maximum atomic E-state index is 12.8. The Morgan fingerprint density at radius 2 is 1.46 bits per heavy atom. The van der Waals surface area contributed by atoms with Crippen LogP contribution in [-0.4, -0.2) is 48.6 Å². The number of para-hydroxylation sites is 1. The number of hydrogen-bond acceptors (Lipinski definition) is 5. The van der Waals surface area contributed by atoms with E-state index in [0.717, 1.165) is 11.3 Å². The lowest BCUT2D eigenvalue weighted by atomic mass is 10.1. The van der Waals surface area contributed by atoms with Crippen LogP contribution < -0.4 is 14.8 Å². The summed E-state index contributed by atoms with van der Waals surface area (Å²) in [4.78, 5) is 26.8. The second-order valence-corrected chi connectivity index (χ2v) is 8.62. The Hall–Kier alpha value is -3.84. The number of carbonyl (C=O) groups is 2. The maximum Gasteiger partial charge on any atom is 0.258 e. The molecule has 4 rings (SSSR count). The highest BCUT2D eigenvalue weighted by atomic mass is 16.5. The van der Waals surface area contributed by atoms with Crippen LogP contribution in [0.2, 0.25) is 0 Å². The van der Waals surface area contributed by atoms with Gasteiger partial charge >= 0.3 is 0 Å². The third-order valence-electron chi connectivity index (χ3n) is 5.57. The van der Waals surface area contributed by atoms with E-state index in [1.807, 2.05) is 61.2 Å². The summed E-state index contributed by atoms with van der Waals surface area (Å²) in [5.41, 5.74) is 1.53. The van der Waals surface area contributed by atoms with Gasteiger partial charge in [0.2, 0.25) is 0 Å². The van der Waals surface area contributed by atoms with E-state index >= 15 is 0 Å². The molecule has 7 heteroatoms. The molecule has 7 nitrogen and oxygen atoms in total. The zero-order chi connectivity index (χ0) is 24.6. The Balaban J connectivity index is 1.20. The molecule has 3 aromatic rings. The van der Waals surface area contributed by atoms with Crippen LogP contribution in [0.5, 0.6) is 17.2 Å². The molecule has 2 atom stereocenters. The zero-order valence-corrected chi connectivity index (χ0v) is 20.0. The minimum atomic E-state index is -0.231. The fourth-order valence-electron chi connectivity index (χ4n) is 3.92. The van der Waals surface area contributed by atoms with Crippen LogP contribution in [0.3, 0.4) is 0 Å². The van der Waals surface area contributed by atoms with Gasteiger partial charge in [-0.15, -0.1) is 0 Å². The molecule has 0 aliphatic carbocycles.